The van der Waals surface area contributed by atoms with Gasteiger partial charge in [-0.05, 0) is 18.2 Å². The Morgan fingerprint density at radius 2 is 1.90 bits per heavy atom. The number of imidazole rings is 1. The van der Waals surface area contributed by atoms with Crippen molar-refractivity contribution in [1.29, 1.82) is 0 Å². The van der Waals surface area contributed by atoms with E-state index in [4.69, 9.17) is 0 Å². The summed E-state index contributed by atoms with van der Waals surface area (Å²) < 4.78 is 4.15. The van der Waals surface area contributed by atoms with E-state index < -0.39 is 0 Å². The molecule has 21 heavy (non-hydrogen) atoms. The zero-order valence-corrected chi connectivity index (χ0v) is 11.8. The summed E-state index contributed by atoms with van der Waals surface area (Å²) in [6, 6.07) is 12.3. The second-order valence-corrected chi connectivity index (χ2v) is 5.33. The quantitative estimate of drug-likeness (QED) is 0.737. The number of fused-ring (bicyclic) bond motifs is 1. The number of nitrogens with zero attached hydrogens (tertiary/aromatic N) is 5. The minimum absolute atomic E-state index is 0.868. The highest BCUT2D eigenvalue weighted by Crippen LogP contribution is 2.14. The summed E-state index contributed by atoms with van der Waals surface area (Å²) in [5, 5.41) is 4.67. The van der Waals surface area contributed by atoms with Gasteiger partial charge in [-0.15, -0.1) is 0 Å². The number of hydrogen-bond donors (Lipinski definition) is 0. The first-order valence-corrected chi connectivity index (χ1v) is 7.21. The summed E-state index contributed by atoms with van der Waals surface area (Å²) in [5.41, 5.74) is 2.19. The van der Waals surface area contributed by atoms with Crippen molar-refractivity contribution >= 4 is 0 Å². The molecule has 0 saturated carbocycles. The molecular formula is C16H17N5. The van der Waals surface area contributed by atoms with E-state index >= 15 is 0 Å². The lowest BCUT2D eigenvalue weighted by Crippen LogP contribution is -2.33. The van der Waals surface area contributed by atoms with Gasteiger partial charge in [0, 0.05) is 38.2 Å². The number of hydrogen-bond acceptors (Lipinski definition) is 3. The van der Waals surface area contributed by atoms with Gasteiger partial charge in [0.25, 0.3) is 0 Å². The second-order valence-electron chi connectivity index (χ2n) is 5.33. The van der Waals surface area contributed by atoms with E-state index in [-0.39, 0.29) is 0 Å². The van der Waals surface area contributed by atoms with Crippen molar-refractivity contribution in [2.24, 2.45) is 0 Å². The third-order valence-electron chi connectivity index (χ3n) is 3.87. The van der Waals surface area contributed by atoms with Crippen LogP contribution in [-0.2, 0) is 19.6 Å². The molecule has 0 bridgehead atoms. The van der Waals surface area contributed by atoms with Crippen LogP contribution < -0.4 is 0 Å². The Hall–Kier alpha value is -2.40. The van der Waals surface area contributed by atoms with Crippen LogP contribution in [0.1, 0.15) is 11.5 Å². The fraction of sp³-hybridized carbons (Fsp3) is 0.250. The summed E-state index contributed by atoms with van der Waals surface area (Å²) in [5.74, 6) is 1.14. The highest BCUT2D eigenvalue weighted by Gasteiger charge is 2.17. The van der Waals surface area contributed by atoms with Crippen molar-refractivity contribution in [1.82, 2.24) is 24.2 Å². The molecular weight excluding hydrogens is 262 g/mol. The van der Waals surface area contributed by atoms with Gasteiger partial charge in [-0.3, -0.25) is 4.90 Å². The van der Waals surface area contributed by atoms with Crippen LogP contribution in [0.25, 0.3) is 5.69 Å². The van der Waals surface area contributed by atoms with Gasteiger partial charge in [0.2, 0.25) is 0 Å². The third kappa shape index (κ3) is 2.48. The largest absolute Gasteiger partial charge is 0.333 e. The maximum absolute atomic E-state index is 4.67. The van der Waals surface area contributed by atoms with Crippen LogP contribution in [0.15, 0.2) is 55.0 Å². The molecule has 0 saturated heterocycles. The van der Waals surface area contributed by atoms with E-state index in [0.717, 1.165) is 43.4 Å². The molecule has 0 aliphatic carbocycles. The number of para-hydroxylation sites is 1. The average Bonchev–Trinajstić information content (AvgIpc) is 3.17. The molecule has 106 valence electrons. The first-order valence-electron chi connectivity index (χ1n) is 7.21. The molecule has 3 heterocycles. The zero-order chi connectivity index (χ0) is 14.1. The Morgan fingerprint density at radius 1 is 1.00 bits per heavy atom. The molecule has 0 N–H and O–H groups in total. The van der Waals surface area contributed by atoms with Crippen molar-refractivity contribution in [3.63, 3.8) is 0 Å². The fourth-order valence-electron chi connectivity index (χ4n) is 2.76. The van der Waals surface area contributed by atoms with Crippen molar-refractivity contribution in [3.8, 4) is 5.69 Å². The Morgan fingerprint density at radius 3 is 2.81 bits per heavy atom. The average molecular weight is 279 g/mol. The number of rotatable bonds is 3. The topological polar surface area (TPSA) is 38.9 Å². The van der Waals surface area contributed by atoms with Crippen LogP contribution >= 0.6 is 0 Å². The molecule has 0 unspecified atom stereocenters. The smallest absolute Gasteiger partial charge is 0.122 e. The summed E-state index contributed by atoms with van der Waals surface area (Å²) in [7, 11) is 0. The predicted molar refractivity (Wildman–Crippen MR) is 79.9 cm³/mol. The highest BCUT2D eigenvalue weighted by atomic mass is 15.3. The van der Waals surface area contributed by atoms with E-state index in [1.165, 1.54) is 0 Å². The van der Waals surface area contributed by atoms with Gasteiger partial charge in [0.05, 0.1) is 17.9 Å². The van der Waals surface area contributed by atoms with Crippen molar-refractivity contribution in [3.05, 3.63) is 66.5 Å². The van der Waals surface area contributed by atoms with E-state index in [2.05, 4.69) is 43.9 Å². The van der Waals surface area contributed by atoms with Crippen LogP contribution in [0, 0.1) is 0 Å². The van der Waals surface area contributed by atoms with Crippen molar-refractivity contribution in [2.45, 2.75) is 19.6 Å². The van der Waals surface area contributed by atoms with Gasteiger partial charge in [0.15, 0.2) is 0 Å². The van der Waals surface area contributed by atoms with Gasteiger partial charge < -0.3 is 4.57 Å². The summed E-state index contributed by atoms with van der Waals surface area (Å²) >= 11 is 0. The lowest BCUT2D eigenvalue weighted by Gasteiger charge is -2.26. The van der Waals surface area contributed by atoms with E-state index in [0.29, 0.717) is 0 Å². The standard InChI is InChI=1S/C16H17N5/c1-2-4-15(5-3-1)21-8-6-14(18-21)12-19-10-11-20-9-7-17-16(20)13-19/h1-9H,10-13H2. The van der Waals surface area contributed by atoms with Gasteiger partial charge in [-0.2, -0.15) is 5.10 Å². The Bertz CT molecular complexity index is 728. The molecule has 1 aliphatic heterocycles. The number of aromatic nitrogens is 4. The molecule has 0 radical (unpaired) electrons. The van der Waals surface area contributed by atoms with Gasteiger partial charge in [-0.25, -0.2) is 9.67 Å². The first kappa shape index (κ1) is 12.3. The molecule has 2 aromatic heterocycles. The molecule has 0 atom stereocenters. The van der Waals surface area contributed by atoms with Crippen LogP contribution in [0.3, 0.4) is 0 Å². The molecule has 4 rings (SSSR count). The monoisotopic (exact) mass is 279 g/mol. The molecule has 0 spiro atoms. The molecule has 1 aromatic carbocycles. The van der Waals surface area contributed by atoms with E-state index in [9.17, 15) is 0 Å². The third-order valence-corrected chi connectivity index (χ3v) is 3.87. The molecule has 0 amide bonds. The van der Waals surface area contributed by atoms with E-state index in [1.807, 2.05) is 35.3 Å². The summed E-state index contributed by atoms with van der Waals surface area (Å²) in [6.45, 7) is 3.81. The van der Waals surface area contributed by atoms with Gasteiger partial charge >= 0.3 is 0 Å². The summed E-state index contributed by atoms with van der Waals surface area (Å²) in [4.78, 5) is 6.79. The Kier molecular flexibility index (Phi) is 3.05. The Balaban J connectivity index is 1.48. The fourth-order valence-corrected chi connectivity index (χ4v) is 2.76. The second kappa shape index (κ2) is 5.18. The molecule has 3 aromatic rings. The molecule has 1 aliphatic rings. The predicted octanol–water partition coefficient (Wildman–Crippen LogP) is 2.08. The molecule has 0 fully saturated rings. The molecule has 5 nitrogen and oxygen atoms in total. The van der Waals surface area contributed by atoms with Crippen LogP contribution in [0.2, 0.25) is 0 Å². The maximum Gasteiger partial charge on any atom is 0.122 e. The van der Waals surface area contributed by atoms with Crippen molar-refractivity contribution in [2.75, 3.05) is 6.54 Å². The lowest BCUT2D eigenvalue weighted by molar-refractivity contribution is 0.206. The summed E-state index contributed by atoms with van der Waals surface area (Å²) in [6.07, 6.45) is 5.95. The van der Waals surface area contributed by atoms with Crippen molar-refractivity contribution < 1.29 is 0 Å². The zero-order valence-electron chi connectivity index (χ0n) is 11.8. The van der Waals surface area contributed by atoms with Gasteiger partial charge in [0.1, 0.15) is 5.82 Å². The lowest BCUT2D eigenvalue weighted by atomic mass is 10.3. The molecule has 5 heteroatoms. The SMILES string of the molecule is c1ccc(-n2ccc(CN3CCn4ccnc4C3)n2)cc1. The highest BCUT2D eigenvalue weighted by molar-refractivity contribution is 5.30. The minimum Gasteiger partial charge on any atom is -0.333 e. The maximum atomic E-state index is 4.67. The van der Waals surface area contributed by atoms with Crippen LogP contribution in [0.4, 0.5) is 0 Å². The van der Waals surface area contributed by atoms with E-state index in [1.54, 1.807) is 0 Å². The first-order chi connectivity index (χ1) is 10.4. The Labute approximate surface area is 123 Å². The number of benzene rings is 1. The van der Waals surface area contributed by atoms with Crippen LogP contribution in [0.5, 0.6) is 0 Å². The van der Waals surface area contributed by atoms with Gasteiger partial charge in [-0.1, -0.05) is 18.2 Å². The normalized spacial score (nSPS) is 15.0. The minimum atomic E-state index is 0.868. The van der Waals surface area contributed by atoms with Crippen LogP contribution in [-0.4, -0.2) is 30.8 Å².